The number of halogens is 1. The number of ketones is 1. The fraction of sp³-hybridized carbons (Fsp3) is 0.111. The summed E-state index contributed by atoms with van der Waals surface area (Å²) in [5, 5.41) is 11.9. The van der Waals surface area contributed by atoms with Gasteiger partial charge in [0.25, 0.3) is 0 Å². The van der Waals surface area contributed by atoms with Crippen molar-refractivity contribution in [2.24, 2.45) is 0 Å². The Morgan fingerprint density at radius 3 is 2.69 bits per heavy atom. The van der Waals surface area contributed by atoms with Crippen molar-refractivity contribution in [2.75, 3.05) is 11.1 Å². The molecule has 0 unspecified atom stereocenters. The van der Waals surface area contributed by atoms with Gasteiger partial charge in [-0.1, -0.05) is 29.4 Å². The second kappa shape index (κ2) is 8.16. The maximum absolute atomic E-state index is 12.3. The van der Waals surface area contributed by atoms with E-state index in [2.05, 4.69) is 15.5 Å². The molecule has 0 saturated heterocycles. The van der Waals surface area contributed by atoms with Crippen molar-refractivity contribution in [3.8, 4) is 5.69 Å². The summed E-state index contributed by atoms with van der Waals surface area (Å²) in [5.41, 5.74) is 2.07. The fourth-order valence-electron chi connectivity index (χ4n) is 2.29. The lowest BCUT2D eigenvalue weighted by molar-refractivity contribution is -0.114. The number of benzene rings is 2. The summed E-state index contributed by atoms with van der Waals surface area (Å²) in [6.07, 6.45) is 1.57. The molecule has 0 fully saturated rings. The average molecular weight is 387 g/mol. The molecule has 1 amide bonds. The minimum absolute atomic E-state index is 0.0202. The highest BCUT2D eigenvalue weighted by molar-refractivity contribution is 7.99. The molecule has 1 heterocycles. The predicted molar refractivity (Wildman–Crippen MR) is 102 cm³/mol. The van der Waals surface area contributed by atoms with Crippen molar-refractivity contribution in [1.29, 1.82) is 0 Å². The van der Waals surface area contributed by atoms with Gasteiger partial charge in [-0.2, -0.15) is 0 Å². The first-order valence-electron chi connectivity index (χ1n) is 7.72. The molecule has 0 atom stereocenters. The van der Waals surface area contributed by atoms with Crippen LogP contribution in [0.2, 0.25) is 5.02 Å². The number of Topliss-reactive ketones (excluding diaryl/α,β-unsaturated/α-hetero) is 1. The van der Waals surface area contributed by atoms with Crippen molar-refractivity contribution < 1.29 is 9.59 Å². The molecule has 132 valence electrons. The topological polar surface area (TPSA) is 76.9 Å². The minimum Gasteiger partial charge on any atom is -0.326 e. The number of hydrogen-bond acceptors (Lipinski definition) is 5. The van der Waals surface area contributed by atoms with Gasteiger partial charge in [0.2, 0.25) is 5.91 Å². The Morgan fingerprint density at radius 1 is 1.19 bits per heavy atom. The zero-order chi connectivity index (χ0) is 18.5. The number of hydrogen-bond donors (Lipinski definition) is 1. The second-order valence-corrected chi connectivity index (χ2v) is 6.81. The zero-order valence-corrected chi connectivity index (χ0v) is 15.4. The van der Waals surface area contributed by atoms with Gasteiger partial charge in [-0.25, -0.2) is 0 Å². The smallest absolute Gasteiger partial charge is 0.221 e. The lowest BCUT2D eigenvalue weighted by Crippen LogP contribution is -2.07. The van der Waals surface area contributed by atoms with Crippen LogP contribution < -0.4 is 5.32 Å². The van der Waals surface area contributed by atoms with Crippen LogP contribution in [-0.2, 0) is 4.79 Å². The summed E-state index contributed by atoms with van der Waals surface area (Å²) in [5.74, 6) is 0.0633. The molecule has 1 N–H and O–H groups in total. The first-order valence-corrected chi connectivity index (χ1v) is 9.09. The Labute approximate surface area is 159 Å². The fourth-order valence-corrected chi connectivity index (χ4v) is 3.24. The number of nitrogens with zero attached hydrogens (tertiary/aromatic N) is 3. The van der Waals surface area contributed by atoms with Gasteiger partial charge >= 0.3 is 0 Å². The van der Waals surface area contributed by atoms with Crippen molar-refractivity contribution in [1.82, 2.24) is 14.8 Å². The lowest BCUT2D eigenvalue weighted by Gasteiger charge is -2.08. The Morgan fingerprint density at radius 2 is 1.96 bits per heavy atom. The Bertz CT molecular complexity index is 940. The first-order chi connectivity index (χ1) is 12.5. The Hall–Kier alpha value is -2.64. The van der Waals surface area contributed by atoms with E-state index in [9.17, 15) is 9.59 Å². The monoisotopic (exact) mass is 386 g/mol. The molecule has 0 radical (unpaired) electrons. The normalized spacial score (nSPS) is 10.5. The first kappa shape index (κ1) is 18.2. The van der Waals surface area contributed by atoms with Crippen molar-refractivity contribution in [3.05, 3.63) is 65.4 Å². The summed E-state index contributed by atoms with van der Waals surface area (Å²) in [6.45, 7) is 1.45. The van der Waals surface area contributed by atoms with Gasteiger partial charge in [0.05, 0.1) is 11.4 Å². The van der Waals surface area contributed by atoms with Crippen molar-refractivity contribution in [3.63, 3.8) is 0 Å². The van der Waals surface area contributed by atoms with E-state index >= 15 is 0 Å². The van der Waals surface area contributed by atoms with Gasteiger partial charge < -0.3 is 5.32 Å². The lowest BCUT2D eigenvalue weighted by atomic mass is 10.1. The number of anilines is 1. The van der Waals surface area contributed by atoms with Gasteiger partial charge in [0.1, 0.15) is 6.33 Å². The molecule has 3 rings (SSSR count). The number of aromatic nitrogens is 3. The predicted octanol–water partition coefficient (Wildman–Crippen LogP) is 3.85. The maximum Gasteiger partial charge on any atom is 0.221 e. The van der Waals surface area contributed by atoms with Crippen molar-refractivity contribution in [2.45, 2.75) is 12.1 Å². The Balaban J connectivity index is 1.73. The molecule has 0 spiro atoms. The van der Waals surface area contributed by atoms with Crippen LogP contribution in [0.1, 0.15) is 17.3 Å². The molecular formula is C18H15ClN4O2S. The summed E-state index contributed by atoms with van der Waals surface area (Å²) in [7, 11) is 0. The average Bonchev–Trinajstić information content (AvgIpc) is 3.08. The van der Waals surface area contributed by atoms with Crippen LogP contribution in [-0.4, -0.2) is 32.2 Å². The molecule has 1 aromatic heterocycles. The highest BCUT2D eigenvalue weighted by Gasteiger charge is 2.12. The molecule has 0 aliphatic heterocycles. The van der Waals surface area contributed by atoms with E-state index in [1.165, 1.54) is 18.7 Å². The van der Waals surface area contributed by atoms with E-state index in [0.717, 1.165) is 5.69 Å². The molecule has 0 aliphatic rings. The minimum atomic E-state index is -0.144. The van der Waals surface area contributed by atoms with Crippen LogP contribution >= 0.6 is 23.4 Å². The number of amides is 1. The van der Waals surface area contributed by atoms with Gasteiger partial charge in [0, 0.05) is 23.2 Å². The highest BCUT2D eigenvalue weighted by Crippen LogP contribution is 2.23. The molecule has 0 aliphatic carbocycles. The van der Waals surface area contributed by atoms with Gasteiger partial charge in [-0.05, 0) is 42.5 Å². The highest BCUT2D eigenvalue weighted by atomic mass is 35.5. The number of rotatable bonds is 6. The third-order valence-corrected chi connectivity index (χ3v) is 4.65. The molecule has 6 nitrogen and oxygen atoms in total. The largest absolute Gasteiger partial charge is 0.326 e. The van der Waals surface area contributed by atoms with Crippen LogP contribution in [0.5, 0.6) is 0 Å². The van der Waals surface area contributed by atoms with Crippen LogP contribution in [0.15, 0.2) is 60.0 Å². The molecule has 3 aromatic rings. The van der Waals surface area contributed by atoms with E-state index < -0.39 is 0 Å². The molecular weight excluding hydrogens is 372 g/mol. The SMILES string of the molecule is CC(=O)Nc1cccc(-n2cnnc2SCC(=O)c2ccc(Cl)cc2)c1. The van der Waals surface area contributed by atoms with E-state index in [1.54, 1.807) is 41.2 Å². The van der Waals surface area contributed by atoms with E-state index in [1.807, 2.05) is 18.2 Å². The summed E-state index contributed by atoms with van der Waals surface area (Å²) in [6, 6.07) is 14.1. The summed E-state index contributed by atoms with van der Waals surface area (Å²) < 4.78 is 1.77. The number of nitrogens with one attached hydrogen (secondary N) is 1. The third-order valence-electron chi connectivity index (χ3n) is 3.46. The van der Waals surface area contributed by atoms with Gasteiger partial charge in [-0.15, -0.1) is 10.2 Å². The van der Waals surface area contributed by atoms with Gasteiger partial charge in [-0.3, -0.25) is 14.2 Å². The molecule has 26 heavy (non-hydrogen) atoms. The number of thioether (sulfide) groups is 1. The Kier molecular flexibility index (Phi) is 5.70. The van der Waals surface area contributed by atoms with E-state index in [-0.39, 0.29) is 17.4 Å². The second-order valence-electron chi connectivity index (χ2n) is 5.43. The van der Waals surface area contributed by atoms with Crippen LogP contribution in [0.3, 0.4) is 0 Å². The molecule has 2 aromatic carbocycles. The third kappa shape index (κ3) is 4.50. The molecule has 0 bridgehead atoms. The zero-order valence-electron chi connectivity index (χ0n) is 13.8. The molecule has 0 saturated carbocycles. The quantitative estimate of drug-likeness (QED) is 0.514. The van der Waals surface area contributed by atoms with E-state index in [4.69, 9.17) is 11.6 Å². The standard InChI is InChI=1S/C18H15ClN4O2S/c1-12(24)21-15-3-2-4-16(9-15)23-11-20-22-18(23)26-10-17(25)13-5-7-14(19)8-6-13/h2-9,11H,10H2,1H3,(H,21,24). The maximum atomic E-state index is 12.3. The van der Waals surface area contributed by atoms with E-state index in [0.29, 0.717) is 21.4 Å². The summed E-state index contributed by atoms with van der Waals surface area (Å²) >= 11 is 7.14. The van der Waals surface area contributed by atoms with Gasteiger partial charge in [0.15, 0.2) is 10.9 Å². The van der Waals surface area contributed by atoms with Crippen molar-refractivity contribution >= 4 is 40.7 Å². The summed E-state index contributed by atoms with van der Waals surface area (Å²) in [4.78, 5) is 23.5. The number of carbonyl (C=O) groups is 2. The van der Waals surface area contributed by atoms with Crippen LogP contribution in [0, 0.1) is 0 Å². The van der Waals surface area contributed by atoms with Crippen LogP contribution in [0.4, 0.5) is 5.69 Å². The number of carbonyl (C=O) groups excluding carboxylic acids is 2. The molecule has 8 heteroatoms. The van der Waals surface area contributed by atoms with Crippen LogP contribution in [0.25, 0.3) is 5.69 Å².